The van der Waals surface area contributed by atoms with Crippen LogP contribution in [0.15, 0.2) is 17.0 Å². The van der Waals surface area contributed by atoms with E-state index in [4.69, 9.17) is 4.99 Å². The van der Waals surface area contributed by atoms with Crippen molar-refractivity contribution in [1.29, 1.82) is 0 Å². The fourth-order valence-corrected chi connectivity index (χ4v) is 5.06. The maximum Gasteiger partial charge on any atom is 0.389 e. The number of amides is 1. The Balaban J connectivity index is 1.54. The quantitative estimate of drug-likeness (QED) is 0.714. The van der Waals surface area contributed by atoms with Crippen LogP contribution in [-0.2, 0) is 16.2 Å². The summed E-state index contributed by atoms with van der Waals surface area (Å²) < 4.78 is 50.8. The van der Waals surface area contributed by atoms with Crippen molar-refractivity contribution in [3.63, 3.8) is 0 Å². The third-order valence-corrected chi connectivity index (χ3v) is 7.17. The van der Waals surface area contributed by atoms with Crippen LogP contribution in [0.3, 0.4) is 0 Å². The number of nitrogens with zero attached hydrogens (tertiary/aromatic N) is 2. The summed E-state index contributed by atoms with van der Waals surface area (Å²) in [6.45, 7) is 4.58. The third-order valence-electron chi connectivity index (χ3n) is 6.01. The first-order valence-corrected chi connectivity index (χ1v) is 10.7. The first-order chi connectivity index (χ1) is 12.7. The van der Waals surface area contributed by atoms with Gasteiger partial charge in [-0.3, -0.25) is 9.79 Å². The van der Waals surface area contributed by atoms with Gasteiger partial charge in [0.2, 0.25) is 0 Å². The van der Waals surface area contributed by atoms with Crippen molar-refractivity contribution in [2.24, 2.45) is 16.8 Å². The number of rotatable bonds is 5. The van der Waals surface area contributed by atoms with E-state index in [-0.39, 0.29) is 24.2 Å². The van der Waals surface area contributed by atoms with Gasteiger partial charge in [-0.15, -0.1) is 4.31 Å². The Hall–Kier alpha value is -1.06. The second-order valence-electron chi connectivity index (χ2n) is 7.73. The van der Waals surface area contributed by atoms with E-state index in [9.17, 15) is 22.5 Å². The summed E-state index contributed by atoms with van der Waals surface area (Å²) in [5.74, 6) is 0.829. The van der Waals surface area contributed by atoms with E-state index in [2.05, 4.69) is 11.9 Å². The van der Waals surface area contributed by atoms with Crippen molar-refractivity contribution in [3.05, 3.63) is 12.0 Å². The molecule has 1 saturated carbocycles. The van der Waals surface area contributed by atoms with Crippen molar-refractivity contribution in [2.75, 3.05) is 13.1 Å². The van der Waals surface area contributed by atoms with E-state index in [0.717, 1.165) is 25.7 Å². The highest BCUT2D eigenvalue weighted by Crippen LogP contribution is 2.38. The van der Waals surface area contributed by atoms with Gasteiger partial charge in [0.1, 0.15) is 16.8 Å². The highest BCUT2D eigenvalue weighted by molar-refractivity contribution is 7.92. The van der Waals surface area contributed by atoms with E-state index < -0.39 is 29.5 Å². The lowest BCUT2D eigenvalue weighted by atomic mass is 9.79. The van der Waals surface area contributed by atoms with Crippen LogP contribution in [0.25, 0.3) is 0 Å². The molecule has 1 aliphatic carbocycles. The standard InChI is InChI=1S/C18H26F3N3O2S/c1-2-27(26)24-11-9-17(10-12-24)16(25)22-15(23-17)14-5-3-13(4-6-14)7-8-18(19,20)21/h2,13-14H,1,3-12H2,(H,22,23,25)/t13?,14?,27-/m0/s1. The molecule has 2 aliphatic heterocycles. The number of amidine groups is 1. The maximum absolute atomic E-state index is 12.6. The third kappa shape index (κ3) is 4.86. The van der Waals surface area contributed by atoms with Crippen LogP contribution in [-0.4, -0.2) is 45.4 Å². The summed E-state index contributed by atoms with van der Waals surface area (Å²) in [7, 11) is 0. The number of piperidine rings is 1. The number of carbonyl (C=O) groups excluding carboxylic acids is 1. The Morgan fingerprint density at radius 3 is 2.48 bits per heavy atom. The van der Waals surface area contributed by atoms with Gasteiger partial charge < -0.3 is 9.87 Å². The minimum Gasteiger partial charge on any atom is -0.593 e. The zero-order valence-corrected chi connectivity index (χ0v) is 16.1. The minimum atomic E-state index is -4.09. The van der Waals surface area contributed by atoms with E-state index in [1.807, 2.05) is 0 Å². The van der Waals surface area contributed by atoms with Crippen LogP contribution in [0, 0.1) is 11.8 Å². The Bertz CT molecular complexity index is 595. The van der Waals surface area contributed by atoms with Crippen molar-refractivity contribution >= 4 is 23.1 Å². The molecular formula is C18H26F3N3O2S. The molecule has 1 saturated heterocycles. The van der Waals surface area contributed by atoms with Crippen molar-refractivity contribution in [2.45, 2.75) is 63.1 Å². The molecule has 0 aromatic rings. The van der Waals surface area contributed by atoms with Gasteiger partial charge in [-0.1, -0.05) is 0 Å². The minimum absolute atomic E-state index is 0.0965. The zero-order chi connectivity index (χ0) is 19.7. The smallest absolute Gasteiger partial charge is 0.389 e. The lowest BCUT2D eigenvalue weighted by Gasteiger charge is -2.34. The topological polar surface area (TPSA) is 67.8 Å². The number of aliphatic imine (C=N–C) groups is 1. The van der Waals surface area contributed by atoms with Crippen molar-refractivity contribution in [1.82, 2.24) is 9.62 Å². The molecule has 0 bridgehead atoms. The fourth-order valence-electron chi connectivity index (χ4n) is 4.31. The van der Waals surface area contributed by atoms with Gasteiger partial charge in [0.15, 0.2) is 0 Å². The summed E-state index contributed by atoms with van der Waals surface area (Å²) >= 11 is -1.23. The zero-order valence-electron chi connectivity index (χ0n) is 15.3. The summed E-state index contributed by atoms with van der Waals surface area (Å²) in [6.07, 6.45) is -0.554. The van der Waals surface area contributed by atoms with Crippen LogP contribution < -0.4 is 5.32 Å². The van der Waals surface area contributed by atoms with Crippen LogP contribution in [0.4, 0.5) is 13.2 Å². The van der Waals surface area contributed by atoms with Gasteiger partial charge in [-0.2, -0.15) is 13.2 Å². The Morgan fingerprint density at radius 1 is 1.30 bits per heavy atom. The van der Waals surface area contributed by atoms with Gasteiger partial charge in [0, 0.05) is 25.4 Å². The number of halogens is 3. The molecular weight excluding hydrogens is 379 g/mol. The average Bonchev–Trinajstić information content (AvgIpc) is 2.96. The van der Waals surface area contributed by atoms with E-state index in [1.54, 1.807) is 4.31 Å². The second kappa shape index (κ2) is 8.13. The van der Waals surface area contributed by atoms with E-state index in [1.165, 1.54) is 5.41 Å². The predicted octanol–water partition coefficient (Wildman–Crippen LogP) is 3.31. The van der Waals surface area contributed by atoms with Crippen LogP contribution in [0.1, 0.15) is 51.4 Å². The SMILES string of the molecule is C=C[S@+]([O-])N1CCC2(CC1)N=C(C1CCC(CCC(F)(F)F)CC1)NC2=O. The lowest BCUT2D eigenvalue weighted by Crippen LogP contribution is -2.50. The summed E-state index contributed by atoms with van der Waals surface area (Å²) in [5, 5.41) is 4.32. The normalized spacial score (nSPS) is 30.1. The summed E-state index contributed by atoms with van der Waals surface area (Å²) in [4.78, 5) is 17.3. The molecule has 0 unspecified atom stereocenters. The molecule has 0 aromatic heterocycles. The number of alkyl halides is 3. The number of nitrogens with one attached hydrogen (secondary N) is 1. The predicted molar refractivity (Wildman–Crippen MR) is 98.2 cm³/mol. The molecule has 0 radical (unpaired) electrons. The Kier molecular flexibility index (Phi) is 6.22. The molecule has 1 amide bonds. The Labute approximate surface area is 160 Å². The fraction of sp³-hybridized carbons (Fsp3) is 0.778. The molecule has 2 fully saturated rings. The Morgan fingerprint density at radius 2 is 1.93 bits per heavy atom. The van der Waals surface area contributed by atoms with Gasteiger partial charge >= 0.3 is 6.18 Å². The maximum atomic E-state index is 12.6. The first kappa shape index (κ1) is 20.7. The van der Waals surface area contributed by atoms with Crippen molar-refractivity contribution in [3.8, 4) is 0 Å². The molecule has 1 spiro atoms. The molecule has 3 rings (SSSR count). The van der Waals surface area contributed by atoms with Gasteiger partial charge in [0.05, 0.1) is 11.4 Å². The molecule has 2 heterocycles. The van der Waals surface area contributed by atoms with E-state index >= 15 is 0 Å². The van der Waals surface area contributed by atoms with Gasteiger partial charge in [-0.25, -0.2) is 0 Å². The van der Waals surface area contributed by atoms with Crippen LogP contribution in [0.5, 0.6) is 0 Å². The molecule has 27 heavy (non-hydrogen) atoms. The molecule has 5 nitrogen and oxygen atoms in total. The monoisotopic (exact) mass is 405 g/mol. The second-order valence-corrected chi connectivity index (χ2v) is 9.13. The van der Waals surface area contributed by atoms with Crippen molar-refractivity contribution < 1.29 is 22.5 Å². The molecule has 1 atom stereocenters. The van der Waals surface area contributed by atoms with Crippen LogP contribution in [0.2, 0.25) is 0 Å². The highest BCUT2D eigenvalue weighted by Gasteiger charge is 2.48. The molecule has 9 heteroatoms. The molecule has 152 valence electrons. The number of hydrogen-bond acceptors (Lipinski definition) is 4. The molecule has 3 aliphatic rings. The first-order valence-electron chi connectivity index (χ1n) is 9.48. The number of hydrogen-bond donors (Lipinski definition) is 1. The summed E-state index contributed by atoms with van der Waals surface area (Å²) in [5.41, 5.74) is -0.773. The molecule has 0 aromatic carbocycles. The molecule has 1 N–H and O–H groups in total. The average molecular weight is 405 g/mol. The van der Waals surface area contributed by atoms with Gasteiger partial charge in [0.25, 0.3) is 5.91 Å². The summed E-state index contributed by atoms with van der Waals surface area (Å²) in [6, 6.07) is 0. The highest BCUT2D eigenvalue weighted by atomic mass is 32.2. The lowest BCUT2D eigenvalue weighted by molar-refractivity contribution is -0.138. The van der Waals surface area contributed by atoms with Gasteiger partial charge in [-0.05, 0) is 57.4 Å². The number of carbonyl (C=O) groups is 1. The van der Waals surface area contributed by atoms with E-state index in [0.29, 0.717) is 31.8 Å². The largest absolute Gasteiger partial charge is 0.593 e. The van der Waals surface area contributed by atoms with Crippen LogP contribution >= 0.6 is 0 Å².